The molecule has 3 N–H and O–H groups in total. The summed E-state index contributed by atoms with van der Waals surface area (Å²) in [5.41, 5.74) is 1.19. The Kier molecular flexibility index (Phi) is 9.01. The SMILES string of the molecule is CCNC(=NCC(CC)(CC)CCO)NCCCc1nc2ccccc2s1. The maximum atomic E-state index is 9.38. The van der Waals surface area contributed by atoms with Crippen LogP contribution in [0.5, 0.6) is 0 Å². The maximum Gasteiger partial charge on any atom is 0.191 e. The molecule has 2 aromatic rings. The molecular weight excluding hydrogens is 356 g/mol. The highest BCUT2D eigenvalue weighted by molar-refractivity contribution is 7.18. The number of rotatable bonds is 11. The summed E-state index contributed by atoms with van der Waals surface area (Å²) in [5, 5.41) is 17.3. The van der Waals surface area contributed by atoms with Gasteiger partial charge in [0.1, 0.15) is 0 Å². The highest BCUT2D eigenvalue weighted by Crippen LogP contribution is 2.30. The van der Waals surface area contributed by atoms with Crippen molar-refractivity contribution in [1.82, 2.24) is 15.6 Å². The van der Waals surface area contributed by atoms with Crippen LogP contribution in [0.15, 0.2) is 29.3 Å². The number of hydrogen-bond acceptors (Lipinski definition) is 4. The molecule has 0 radical (unpaired) electrons. The second kappa shape index (κ2) is 11.2. The number of aryl methyl sites for hydroxylation is 1. The lowest BCUT2D eigenvalue weighted by atomic mass is 9.79. The van der Waals surface area contributed by atoms with E-state index in [1.54, 1.807) is 11.3 Å². The van der Waals surface area contributed by atoms with Gasteiger partial charge >= 0.3 is 0 Å². The molecule has 0 aliphatic carbocycles. The Morgan fingerprint density at radius 3 is 2.63 bits per heavy atom. The molecule has 0 aliphatic heterocycles. The quantitative estimate of drug-likeness (QED) is 0.308. The third-order valence-electron chi connectivity index (χ3n) is 5.26. The number of aliphatic hydroxyl groups is 1. The molecule has 0 spiro atoms. The number of fused-ring (bicyclic) bond motifs is 1. The molecule has 2 rings (SSSR count). The molecule has 0 unspecified atom stereocenters. The van der Waals surface area contributed by atoms with Gasteiger partial charge in [0, 0.05) is 32.7 Å². The zero-order valence-corrected chi connectivity index (χ0v) is 17.7. The molecule has 5 nitrogen and oxygen atoms in total. The number of aromatic nitrogens is 1. The Morgan fingerprint density at radius 2 is 1.96 bits per heavy atom. The van der Waals surface area contributed by atoms with Crippen LogP contribution in [0.2, 0.25) is 0 Å². The normalized spacial score (nSPS) is 12.5. The van der Waals surface area contributed by atoms with Crippen LogP contribution in [-0.4, -0.2) is 42.3 Å². The fourth-order valence-corrected chi connectivity index (χ4v) is 4.21. The van der Waals surface area contributed by atoms with Gasteiger partial charge in [0.15, 0.2) is 5.96 Å². The van der Waals surface area contributed by atoms with E-state index in [9.17, 15) is 5.11 Å². The minimum atomic E-state index is 0.0953. The third kappa shape index (κ3) is 6.47. The number of nitrogens with zero attached hydrogens (tertiary/aromatic N) is 2. The summed E-state index contributed by atoms with van der Waals surface area (Å²) in [4.78, 5) is 9.49. The molecule has 0 saturated carbocycles. The molecule has 0 atom stereocenters. The number of aliphatic hydroxyl groups excluding tert-OH is 1. The van der Waals surface area contributed by atoms with Crippen LogP contribution in [0.3, 0.4) is 0 Å². The third-order valence-corrected chi connectivity index (χ3v) is 6.35. The highest BCUT2D eigenvalue weighted by atomic mass is 32.1. The fourth-order valence-electron chi connectivity index (χ4n) is 3.21. The summed E-state index contributed by atoms with van der Waals surface area (Å²) >= 11 is 1.78. The van der Waals surface area contributed by atoms with Crippen molar-refractivity contribution in [2.45, 2.75) is 52.9 Å². The van der Waals surface area contributed by atoms with E-state index in [4.69, 9.17) is 9.98 Å². The largest absolute Gasteiger partial charge is 0.396 e. The number of guanidine groups is 1. The maximum absolute atomic E-state index is 9.38. The van der Waals surface area contributed by atoms with Crippen LogP contribution < -0.4 is 10.6 Å². The van der Waals surface area contributed by atoms with Crippen molar-refractivity contribution in [1.29, 1.82) is 0 Å². The van der Waals surface area contributed by atoms with Crippen LogP contribution in [0.1, 0.15) is 51.5 Å². The van der Waals surface area contributed by atoms with Gasteiger partial charge in [-0.2, -0.15) is 0 Å². The molecule has 27 heavy (non-hydrogen) atoms. The minimum absolute atomic E-state index is 0.0953. The van der Waals surface area contributed by atoms with Gasteiger partial charge in [0.05, 0.1) is 15.2 Å². The molecule has 0 fully saturated rings. The monoisotopic (exact) mass is 390 g/mol. The van der Waals surface area contributed by atoms with Crippen LogP contribution in [0.4, 0.5) is 0 Å². The van der Waals surface area contributed by atoms with E-state index < -0.39 is 0 Å². The smallest absolute Gasteiger partial charge is 0.191 e. The number of aliphatic imine (C=N–C) groups is 1. The molecule has 1 aromatic heterocycles. The number of hydrogen-bond donors (Lipinski definition) is 3. The van der Waals surface area contributed by atoms with Crippen LogP contribution in [0.25, 0.3) is 10.2 Å². The Bertz CT molecular complexity index is 676. The topological polar surface area (TPSA) is 69.5 Å². The zero-order chi connectivity index (χ0) is 19.5. The van der Waals surface area contributed by atoms with Crippen molar-refractivity contribution in [2.24, 2.45) is 10.4 Å². The van der Waals surface area contributed by atoms with Gasteiger partial charge in [-0.25, -0.2) is 4.98 Å². The minimum Gasteiger partial charge on any atom is -0.396 e. The predicted octanol–water partition coefficient (Wildman–Crippen LogP) is 3.97. The summed E-state index contributed by atoms with van der Waals surface area (Å²) in [7, 11) is 0. The van der Waals surface area contributed by atoms with Crippen LogP contribution >= 0.6 is 11.3 Å². The Hall–Kier alpha value is -1.66. The Morgan fingerprint density at radius 1 is 1.19 bits per heavy atom. The molecule has 0 aliphatic rings. The highest BCUT2D eigenvalue weighted by Gasteiger charge is 2.25. The standard InChI is InChI=1S/C21H34N4OS/c1-4-21(5-2,13-15-26)16-24-20(22-6-3)23-14-9-12-19-25-17-10-7-8-11-18(17)27-19/h7-8,10-11,26H,4-6,9,12-16H2,1-3H3,(H2,22,23,24). The molecule has 0 saturated heterocycles. The van der Waals surface area contributed by atoms with E-state index in [1.807, 2.05) is 6.07 Å². The van der Waals surface area contributed by atoms with Crippen LogP contribution in [0, 0.1) is 5.41 Å². The summed E-state index contributed by atoms with van der Waals surface area (Å²) in [5.74, 6) is 0.867. The van der Waals surface area contributed by atoms with E-state index in [0.29, 0.717) is 0 Å². The zero-order valence-electron chi connectivity index (χ0n) is 16.9. The fraction of sp³-hybridized carbons (Fsp3) is 0.619. The molecule has 0 amide bonds. The predicted molar refractivity (Wildman–Crippen MR) is 117 cm³/mol. The second-order valence-electron chi connectivity index (χ2n) is 6.98. The van der Waals surface area contributed by atoms with Gasteiger partial charge < -0.3 is 15.7 Å². The molecule has 0 bridgehead atoms. The first-order valence-electron chi connectivity index (χ1n) is 10.1. The lowest BCUT2D eigenvalue weighted by Gasteiger charge is -2.29. The summed E-state index contributed by atoms with van der Waals surface area (Å²) in [6, 6.07) is 8.30. The van der Waals surface area contributed by atoms with Crippen molar-refractivity contribution in [2.75, 3.05) is 26.2 Å². The molecule has 1 heterocycles. The van der Waals surface area contributed by atoms with E-state index in [2.05, 4.69) is 49.6 Å². The first-order chi connectivity index (χ1) is 13.2. The average molecular weight is 391 g/mol. The molecule has 1 aromatic carbocycles. The van der Waals surface area contributed by atoms with Crippen molar-refractivity contribution in [3.8, 4) is 0 Å². The summed E-state index contributed by atoms with van der Waals surface area (Å²) < 4.78 is 1.26. The van der Waals surface area contributed by atoms with E-state index >= 15 is 0 Å². The number of benzene rings is 1. The van der Waals surface area contributed by atoms with Crippen molar-refractivity contribution in [3.63, 3.8) is 0 Å². The lowest BCUT2D eigenvalue weighted by molar-refractivity contribution is 0.175. The Labute approximate surface area is 167 Å². The lowest BCUT2D eigenvalue weighted by Crippen LogP contribution is -2.39. The van der Waals surface area contributed by atoms with Gasteiger partial charge in [-0.05, 0) is 50.2 Å². The van der Waals surface area contributed by atoms with E-state index in [1.165, 1.54) is 9.71 Å². The van der Waals surface area contributed by atoms with Gasteiger partial charge in [-0.1, -0.05) is 26.0 Å². The van der Waals surface area contributed by atoms with Gasteiger partial charge in [0.25, 0.3) is 0 Å². The summed E-state index contributed by atoms with van der Waals surface area (Å²) in [6.45, 7) is 9.14. The van der Waals surface area contributed by atoms with E-state index in [0.717, 1.165) is 63.2 Å². The van der Waals surface area contributed by atoms with Crippen molar-refractivity contribution in [3.05, 3.63) is 29.3 Å². The van der Waals surface area contributed by atoms with Gasteiger partial charge in [-0.3, -0.25) is 4.99 Å². The van der Waals surface area contributed by atoms with E-state index in [-0.39, 0.29) is 12.0 Å². The van der Waals surface area contributed by atoms with Crippen molar-refractivity contribution < 1.29 is 5.11 Å². The molecular formula is C21H34N4OS. The van der Waals surface area contributed by atoms with Gasteiger partial charge in [-0.15, -0.1) is 11.3 Å². The number of para-hydroxylation sites is 1. The molecule has 6 heteroatoms. The molecule has 150 valence electrons. The first kappa shape index (κ1) is 21.6. The first-order valence-corrected chi connectivity index (χ1v) is 11.0. The Balaban J connectivity index is 1.85. The average Bonchev–Trinajstić information content (AvgIpc) is 3.11. The second-order valence-corrected chi connectivity index (χ2v) is 8.10. The number of nitrogens with one attached hydrogen (secondary N) is 2. The van der Waals surface area contributed by atoms with Crippen molar-refractivity contribution >= 4 is 27.5 Å². The van der Waals surface area contributed by atoms with Gasteiger partial charge in [0.2, 0.25) is 0 Å². The number of thiazole rings is 1. The van der Waals surface area contributed by atoms with Crippen LogP contribution in [-0.2, 0) is 6.42 Å². The summed E-state index contributed by atoms with van der Waals surface area (Å²) in [6.07, 6.45) is 4.87.